The first-order chi connectivity index (χ1) is 9.29. The van der Waals surface area contributed by atoms with Crippen molar-refractivity contribution in [1.29, 1.82) is 0 Å². The van der Waals surface area contributed by atoms with Gasteiger partial charge in [-0.2, -0.15) is 16.3 Å². The minimum absolute atomic E-state index is 0.714. The van der Waals surface area contributed by atoms with Gasteiger partial charge in [-0.15, -0.1) is 0 Å². The number of rotatable bonds is 4. The molecule has 1 aliphatic heterocycles. The van der Waals surface area contributed by atoms with Crippen molar-refractivity contribution in [1.82, 2.24) is 19.9 Å². The van der Waals surface area contributed by atoms with Gasteiger partial charge in [-0.3, -0.25) is 9.80 Å². The molecule has 2 aromatic heterocycles. The summed E-state index contributed by atoms with van der Waals surface area (Å²) in [6.07, 6.45) is 0. The van der Waals surface area contributed by atoms with Crippen LogP contribution in [0.3, 0.4) is 0 Å². The summed E-state index contributed by atoms with van der Waals surface area (Å²) in [5, 5.41) is 8.20. The lowest BCUT2D eigenvalue weighted by molar-refractivity contribution is 0.112. The molecule has 3 rings (SSSR count). The Balaban J connectivity index is 1.46. The van der Waals surface area contributed by atoms with Gasteiger partial charge >= 0.3 is 0 Å². The van der Waals surface area contributed by atoms with E-state index >= 15 is 0 Å². The van der Waals surface area contributed by atoms with E-state index in [4.69, 9.17) is 4.52 Å². The van der Waals surface area contributed by atoms with E-state index in [2.05, 4.69) is 36.8 Å². The van der Waals surface area contributed by atoms with Gasteiger partial charge in [0.15, 0.2) is 5.82 Å². The molecule has 0 atom stereocenters. The maximum absolute atomic E-state index is 5.16. The van der Waals surface area contributed by atoms with Crippen molar-refractivity contribution in [2.24, 2.45) is 0 Å². The quantitative estimate of drug-likeness (QED) is 0.852. The molecular weight excluding hydrogens is 260 g/mol. The molecule has 1 fully saturated rings. The molecule has 0 aliphatic carbocycles. The van der Waals surface area contributed by atoms with Crippen LogP contribution in [0.5, 0.6) is 0 Å². The van der Waals surface area contributed by atoms with E-state index in [-0.39, 0.29) is 0 Å². The van der Waals surface area contributed by atoms with E-state index in [0.717, 1.165) is 45.2 Å². The van der Waals surface area contributed by atoms with Gasteiger partial charge < -0.3 is 4.52 Å². The summed E-state index contributed by atoms with van der Waals surface area (Å²) >= 11 is 1.77. The Morgan fingerprint density at radius 3 is 2.53 bits per heavy atom. The van der Waals surface area contributed by atoms with Crippen LogP contribution in [0, 0.1) is 6.92 Å². The number of aromatic nitrogens is 2. The smallest absolute Gasteiger partial charge is 0.240 e. The van der Waals surface area contributed by atoms with Crippen LogP contribution in [-0.2, 0) is 13.1 Å². The van der Waals surface area contributed by atoms with E-state index in [1.807, 2.05) is 6.92 Å². The van der Waals surface area contributed by atoms with Gasteiger partial charge in [0.1, 0.15) is 0 Å². The zero-order valence-electron chi connectivity index (χ0n) is 11.1. The van der Waals surface area contributed by atoms with Gasteiger partial charge in [-0.1, -0.05) is 5.16 Å². The Morgan fingerprint density at radius 2 is 1.95 bits per heavy atom. The number of piperazine rings is 1. The second kappa shape index (κ2) is 5.81. The maximum Gasteiger partial charge on any atom is 0.240 e. The molecule has 102 valence electrons. The number of hydrogen-bond donors (Lipinski definition) is 0. The molecule has 0 aromatic carbocycles. The predicted octanol–water partition coefficient (Wildman–Crippen LogP) is 1.76. The summed E-state index contributed by atoms with van der Waals surface area (Å²) < 4.78 is 5.16. The van der Waals surface area contributed by atoms with Crippen LogP contribution >= 0.6 is 11.3 Å². The minimum atomic E-state index is 0.714. The average Bonchev–Trinajstić information content (AvgIpc) is 3.04. The van der Waals surface area contributed by atoms with Crippen LogP contribution in [0.2, 0.25) is 0 Å². The molecule has 6 heteroatoms. The van der Waals surface area contributed by atoms with Crippen molar-refractivity contribution in [2.45, 2.75) is 20.0 Å². The molecule has 1 saturated heterocycles. The molecule has 0 amide bonds. The molecule has 2 aromatic rings. The largest absolute Gasteiger partial charge is 0.338 e. The van der Waals surface area contributed by atoms with Gasteiger partial charge in [-0.25, -0.2) is 0 Å². The summed E-state index contributed by atoms with van der Waals surface area (Å²) in [5.41, 5.74) is 1.42. The van der Waals surface area contributed by atoms with Gasteiger partial charge in [0.2, 0.25) is 5.89 Å². The van der Waals surface area contributed by atoms with Gasteiger partial charge in [0, 0.05) is 32.7 Å². The molecular formula is C13H18N4OS. The Morgan fingerprint density at radius 1 is 1.21 bits per heavy atom. The summed E-state index contributed by atoms with van der Waals surface area (Å²) in [5.74, 6) is 1.44. The summed E-state index contributed by atoms with van der Waals surface area (Å²) in [7, 11) is 0. The molecule has 0 radical (unpaired) electrons. The van der Waals surface area contributed by atoms with E-state index in [0.29, 0.717) is 5.82 Å². The minimum Gasteiger partial charge on any atom is -0.338 e. The third kappa shape index (κ3) is 3.40. The van der Waals surface area contributed by atoms with Crippen LogP contribution < -0.4 is 0 Å². The first-order valence-corrected chi connectivity index (χ1v) is 7.49. The second-order valence-corrected chi connectivity index (χ2v) is 5.70. The fourth-order valence-corrected chi connectivity index (χ4v) is 3.00. The molecule has 0 unspecified atom stereocenters. The maximum atomic E-state index is 5.16. The lowest BCUT2D eigenvalue weighted by atomic mass is 10.2. The van der Waals surface area contributed by atoms with Crippen LogP contribution in [0.1, 0.15) is 17.3 Å². The first kappa shape index (κ1) is 12.8. The lowest BCUT2D eigenvalue weighted by Gasteiger charge is -2.33. The van der Waals surface area contributed by atoms with E-state index < -0.39 is 0 Å². The molecule has 0 spiro atoms. The zero-order chi connectivity index (χ0) is 13.1. The van der Waals surface area contributed by atoms with Crippen molar-refractivity contribution in [3.8, 4) is 0 Å². The van der Waals surface area contributed by atoms with Crippen molar-refractivity contribution in [3.63, 3.8) is 0 Å². The third-order valence-corrected chi connectivity index (χ3v) is 4.11. The third-order valence-electron chi connectivity index (χ3n) is 3.38. The molecule has 3 heterocycles. The lowest BCUT2D eigenvalue weighted by Crippen LogP contribution is -2.45. The van der Waals surface area contributed by atoms with E-state index in [1.165, 1.54) is 5.56 Å². The Labute approximate surface area is 116 Å². The van der Waals surface area contributed by atoms with Crippen LogP contribution in [0.4, 0.5) is 0 Å². The average molecular weight is 278 g/mol. The fraction of sp³-hybridized carbons (Fsp3) is 0.538. The van der Waals surface area contributed by atoms with Crippen molar-refractivity contribution < 1.29 is 4.52 Å². The van der Waals surface area contributed by atoms with Gasteiger partial charge in [0.05, 0.1) is 6.54 Å². The number of nitrogens with zero attached hydrogens (tertiary/aromatic N) is 4. The molecule has 0 saturated carbocycles. The zero-order valence-corrected chi connectivity index (χ0v) is 11.9. The number of aryl methyl sites for hydroxylation is 1. The fourth-order valence-electron chi connectivity index (χ4n) is 2.34. The number of hydrogen-bond acceptors (Lipinski definition) is 6. The number of thiophene rings is 1. The first-order valence-electron chi connectivity index (χ1n) is 6.54. The highest BCUT2D eigenvalue weighted by Gasteiger charge is 2.18. The Bertz CT molecular complexity index is 502. The molecule has 19 heavy (non-hydrogen) atoms. The van der Waals surface area contributed by atoms with Crippen LogP contribution in [0.25, 0.3) is 0 Å². The van der Waals surface area contributed by atoms with Gasteiger partial charge in [-0.05, 0) is 29.3 Å². The molecule has 0 bridgehead atoms. The normalized spacial score (nSPS) is 17.9. The Hall–Kier alpha value is -1.24. The van der Waals surface area contributed by atoms with Crippen LogP contribution in [0.15, 0.2) is 21.3 Å². The summed E-state index contributed by atoms with van der Waals surface area (Å²) in [6.45, 7) is 8.01. The monoisotopic (exact) mass is 278 g/mol. The SMILES string of the molecule is Cc1noc(CN2CCN(Cc3ccsc3)CC2)n1. The summed E-state index contributed by atoms with van der Waals surface area (Å²) in [6, 6.07) is 2.21. The van der Waals surface area contributed by atoms with Crippen molar-refractivity contribution in [2.75, 3.05) is 26.2 Å². The van der Waals surface area contributed by atoms with Crippen molar-refractivity contribution >= 4 is 11.3 Å². The predicted molar refractivity (Wildman–Crippen MR) is 73.9 cm³/mol. The molecule has 5 nitrogen and oxygen atoms in total. The highest BCUT2D eigenvalue weighted by atomic mass is 32.1. The van der Waals surface area contributed by atoms with Crippen molar-refractivity contribution in [3.05, 3.63) is 34.1 Å². The highest BCUT2D eigenvalue weighted by molar-refractivity contribution is 7.07. The molecule has 0 N–H and O–H groups in total. The van der Waals surface area contributed by atoms with E-state index in [1.54, 1.807) is 11.3 Å². The van der Waals surface area contributed by atoms with Crippen LogP contribution in [-0.4, -0.2) is 46.1 Å². The topological polar surface area (TPSA) is 45.4 Å². The summed E-state index contributed by atoms with van der Waals surface area (Å²) in [4.78, 5) is 9.12. The molecule has 1 aliphatic rings. The standard InChI is InChI=1S/C13H18N4OS/c1-11-14-13(18-15-11)9-17-5-3-16(4-6-17)8-12-2-7-19-10-12/h2,7,10H,3-6,8-9H2,1H3. The highest BCUT2D eigenvalue weighted by Crippen LogP contribution is 2.12. The second-order valence-electron chi connectivity index (χ2n) is 4.92. The van der Waals surface area contributed by atoms with E-state index in [9.17, 15) is 0 Å². The van der Waals surface area contributed by atoms with Gasteiger partial charge in [0.25, 0.3) is 0 Å². The Kier molecular flexibility index (Phi) is 3.91.